The Morgan fingerprint density at radius 3 is 2.35 bits per heavy atom. The van der Waals surface area contributed by atoms with Crippen molar-refractivity contribution in [2.24, 2.45) is 16.7 Å². The average molecular weight is 276 g/mol. The van der Waals surface area contributed by atoms with Gasteiger partial charge in [-0.1, -0.05) is 13.8 Å². The molecule has 0 aromatic rings. The van der Waals surface area contributed by atoms with Crippen molar-refractivity contribution in [2.45, 2.75) is 76.8 Å². The fraction of sp³-hybridized carbons (Fsp3) is 0.941. The molecule has 3 atom stereocenters. The summed E-state index contributed by atoms with van der Waals surface area (Å²) in [5.74, 6) is 1.12. The monoisotopic (exact) mass is 276 g/mol. The van der Waals surface area contributed by atoms with Crippen molar-refractivity contribution >= 4 is 5.91 Å². The van der Waals surface area contributed by atoms with Crippen LogP contribution in [0.5, 0.6) is 0 Å². The van der Waals surface area contributed by atoms with E-state index in [4.69, 9.17) is 0 Å². The molecule has 4 bridgehead atoms. The molecule has 1 aliphatic heterocycles. The van der Waals surface area contributed by atoms with Gasteiger partial charge in [-0.25, -0.2) is 0 Å². The van der Waals surface area contributed by atoms with Crippen LogP contribution in [0.15, 0.2) is 0 Å². The Hall–Kier alpha value is -0.570. The van der Waals surface area contributed by atoms with Crippen LogP contribution in [0.1, 0.15) is 65.2 Å². The number of carbonyl (C=O) groups excluding carboxylic acids is 1. The molecule has 3 heteroatoms. The van der Waals surface area contributed by atoms with Crippen LogP contribution in [-0.4, -0.2) is 24.0 Å². The topological polar surface area (TPSA) is 41.1 Å². The molecule has 0 spiro atoms. The summed E-state index contributed by atoms with van der Waals surface area (Å²) in [6.07, 6.45) is 9.97. The largest absolute Gasteiger partial charge is 0.349 e. The molecule has 4 saturated carbocycles. The van der Waals surface area contributed by atoms with E-state index in [-0.39, 0.29) is 17.5 Å². The average Bonchev–Trinajstić information content (AvgIpc) is 2.75. The van der Waals surface area contributed by atoms with Gasteiger partial charge in [-0.3, -0.25) is 4.79 Å². The van der Waals surface area contributed by atoms with Crippen LogP contribution in [0.3, 0.4) is 0 Å². The van der Waals surface area contributed by atoms with Gasteiger partial charge in [-0.15, -0.1) is 0 Å². The van der Waals surface area contributed by atoms with Gasteiger partial charge in [-0.2, -0.15) is 0 Å². The van der Waals surface area contributed by atoms with Gasteiger partial charge in [0.25, 0.3) is 0 Å². The summed E-state index contributed by atoms with van der Waals surface area (Å²) in [5, 5.41) is 6.86. The molecule has 5 rings (SSSR count). The summed E-state index contributed by atoms with van der Waals surface area (Å²) in [6.45, 7) is 5.93. The predicted molar refractivity (Wildman–Crippen MR) is 79.3 cm³/mol. The summed E-state index contributed by atoms with van der Waals surface area (Å²) >= 11 is 0. The van der Waals surface area contributed by atoms with Crippen molar-refractivity contribution in [2.75, 3.05) is 6.54 Å². The number of hydrogen-bond acceptors (Lipinski definition) is 2. The van der Waals surface area contributed by atoms with Gasteiger partial charge in [0, 0.05) is 5.54 Å². The zero-order valence-electron chi connectivity index (χ0n) is 12.9. The second-order valence-electron chi connectivity index (χ2n) is 9.05. The van der Waals surface area contributed by atoms with Crippen molar-refractivity contribution < 1.29 is 4.79 Å². The third-order valence-corrected chi connectivity index (χ3v) is 6.39. The molecule has 0 aromatic carbocycles. The molecule has 20 heavy (non-hydrogen) atoms. The zero-order chi connectivity index (χ0) is 14.0. The first-order chi connectivity index (χ1) is 9.40. The highest BCUT2D eigenvalue weighted by Gasteiger charge is 2.60. The maximum atomic E-state index is 12.6. The number of carbonyl (C=O) groups is 1. The van der Waals surface area contributed by atoms with Crippen molar-refractivity contribution in [1.82, 2.24) is 10.6 Å². The molecule has 112 valence electrons. The Bertz CT molecular complexity index is 422. The molecule has 1 amide bonds. The number of nitrogens with one attached hydrogen (secondary N) is 2. The lowest BCUT2D eigenvalue weighted by atomic mass is 9.43. The maximum absolute atomic E-state index is 12.6. The molecule has 0 aromatic heterocycles. The fourth-order valence-electron chi connectivity index (χ4n) is 6.84. The highest BCUT2D eigenvalue weighted by molar-refractivity contribution is 5.82. The molecular formula is C17H28N2O. The number of rotatable bonds is 2. The SMILES string of the molecule is CC12CC3CC(C)(C1)CC(NC(=O)C1CCCN1)(C3)C2. The van der Waals surface area contributed by atoms with Crippen LogP contribution >= 0.6 is 0 Å². The van der Waals surface area contributed by atoms with Gasteiger partial charge in [-0.05, 0) is 74.7 Å². The predicted octanol–water partition coefficient (Wildman–Crippen LogP) is 2.60. The Morgan fingerprint density at radius 1 is 1.10 bits per heavy atom. The van der Waals surface area contributed by atoms with E-state index in [0.717, 1.165) is 25.3 Å². The first-order valence-corrected chi connectivity index (χ1v) is 8.45. The molecule has 0 radical (unpaired) electrons. The van der Waals surface area contributed by atoms with Crippen molar-refractivity contribution in [3.05, 3.63) is 0 Å². The molecular weight excluding hydrogens is 248 g/mol. The van der Waals surface area contributed by atoms with Crippen molar-refractivity contribution in [3.8, 4) is 0 Å². The van der Waals surface area contributed by atoms with E-state index >= 15 is 0 Å². The summed E-state index contributed by atoms with van der Waals surface area (Å²) in [4.78, 5) is 12.6. The number of amides is 1. The summed E-state index contributed by atoms with van der Waals surface area (Å²) in [6, 6.07) is 0.0728. The van der Waals surface area contributed by atoms with E-state index in [1.54, 1.807) is 0 Å². The van der Waals surface area contributed by atoms with Crippen LogP contribution in [0.2, 0.25) is 0 Å². The van der Waals surface area contributed by atoms with E-state index < -0.39 is 0 Å². The minimum Gasteiger partial charge on any atom is -0.349 e. The van der Waals surface area contributed by atoms with Gasteiger partial charge in [0.15, 0.2) is 0 Å². The lowest BCUT2D eigenvalue weighted by molar-refractivity contribution is -0.141. The van der Waals surface area contributed by atoms with Crippen molar-refractivity contribution in [1.29, 1.82) is 0 Å². The van der Waals surface area contributed by atoms with Crippen LogP contribution in [0, 0.1) is 16.7 Å². The van der Waals surface area contributed by atoms with Crippen LogP contribution in [0.4, 0.5) is 0 Å². The molecule has 1 saturated heterocycles. The highest BCUT2D eigenvalue weighted by Crippen LogP contribution is 2.66. The second-order valence-corrected chi connectivity index (χ2v) is 9.05. The van der Waals surface area contributed by atoms with E-state index in [1.807, 2.05) is 0 Å². The Kier molecular flexibility index (Phi) is 2.62. The Labute approximate surface area is 122 Å². The first-order valence-electron chi connectivity index (χ1n) is 8.45. The first kappa shape index (κ1) is 13.1. The quantitative estimate of drug-likeness (QED) is 0.814. The highest BCUT2D eigenvalue weighted by atomic mass is 16.2. The summed E-state index contributed by atoms with van der Waals surface area (Å²) in [5.41, 5.74) is 1.07. The minimum atomic E-state index is 0.0728. The molecule has 5 fully saturated rings. The summed E-state index contributed by atoms with van der Waals surface area (Å²) in [7, 11) is 0. The maximum Gasteiger partial charge on any atom is 0.237 e. The van der Waals surface area contributed by atoms with Gasteiger partial charge < -0.3 is 10.6 Å². The molecule has 2 N–H and O–H groups in total. The third-order valence-electron chi connectivity index (χ3n) is 6.39. The lowest BCUT2D eigenvalue weighted by Gasteiger charge is -2.65. The van der Waals surface area contributed by atoms with E-state index in [0.29, 0.717) is 10.8 Å². The molecule has 3 unspecified atom stereocenters. The van der Waals surface area contributed by atoms with Gasteiger partial charge in [0.05, 0.1) is 6.04 Å². The van der Waals surface area contributed by atoms with Crippen LogP contribution in [0.25, 0.3) is 0 Å². The molecule has 5 aliphatic rings. The summed E-state index contributed by atoms with van der Waals surface area (Å²) < 4.78 is 0. The van der Waals surface area contributed by atoms with Gasteiger partial charge >= 0.3 is 0 Å². The van der Waals surface area contributed by atoms with Crippen LogP contribution < -0.4 is 10.6 Å². The molecule has 1 heterocycles. The van der Waals surface area contributed by atoms with E-state index in [2.05, 4.69) is 24.5 Å². The van der Waals surface area contributed by atoms with E-state index in [9.17, 15) is 4.79 Å². The normalized spacial score (nSPS) is 53.3. The molecule has 4 aliphatic carbocycles. The zero-order valence-corrected chi connectivity index (χ0v) is 12.9. The smallest absolute Gasteiger partial charge is 0.237 e. The fourth-order valence-corrected chi connectivity index (χ4v) is 6.84. The van der Waals surface area contributed by atoms with Crippen LogP contribution in [-0.2, 0) is 4.79 Å². The molecule has 3 nitrogen and oxygen atoms in total. The standard InChI is InChI=1S/C17H28N2O/c1-15-6-12-7-16(2,9-15)11-17(8-12,10-15)19-14(20)13-4-3-5-18-13/h12-13,18H,3-11H2,1-2H3,(H,19,20). The lowest BCUT2D eigenvalue weighted by Crippen LogP contribution is -2.66. The Balaban J connectivity index is 1.56. The van der Waals surface area contributed by atoms with Crippen molar-refractivity contribution in [3.63, 3.8) is 0 Å². The van der Waals surface area contributed by atoms with Gasteiger partial charge in [0.2, 0.25) is 5.91 Å². The third kappa shape index (κ3) is 2.01. The Morgan fingerprint density at radius 2 is 1.80 bits per heavy atom. The minimum absolute atomic E-state index is 0.0728. The second kappa shape index (κ2) is 4.00. The number of hydrogen-bond donors (Lipinski definition) is 2. The van der Waals surface area contributed by atoms with E-state index in [1.165, 1.54) is 38.5 Å². The van der Waals surface area contributed by atoms with Gasteiger partial charge in [0.1, 0.15) is 0 Å².